The highest BCUT2D eigenvalue weighted by atomic mass is 16.6. The van der Waals surface area contributed by atoms with Gasteiger partial charge in [0.15, 0.2) is 6.61 Å². The molecule has 0 aliphatic carbocycles. The second-order valence-electron chi connectivity index (χ2n) is 6.43. The van der Waals surface area contributed by atoms with Gasteiger partial charge in [0, 0.05) is 18.2 Å². The highest BCUT2D eigenvalue weighted by Gasteiger charge is 2.12. The lowest BCUT2D eigenvalue weighted by atomic mass is 10.0. The summed E-state index contributed by atoms with van der Waals surface area (Å²) in [5.74, 6) is -1.12. The molecule has 0 aliphatic rings. The monoisotopic (exact) mass is 382 g/mol. The van der Waals surface area contributed by atoms with Crippen LogP contribution in [-0.4, -0.2) is 23.4 Å². The number of non-ortho nitro benzene ring substituents is 1. The Bertz CT molecular complexity index is 921. The summed E-state index contributed by atoms with van der Waals surface area (Å²) >= 11 is 0. The maximum atomic E-state index is 12.0. The van der Waals surface area contributed by atoms with Gasteiger partial charge in [-0.2, -0.15) is 0 Å². The number of carbonyl (C=O) groups excluding carboxylic acids is 2. The molecule has 0 spiro atoms. The number of aryl methyl sites for hydroxylation is 2. The van der Waals surface area contributed by atoms with Gasteiger partial charge in [-0.25, -0.2) is 4.79 Å². The zero-order valence-electron chi connectivity index (χ0n) is 16.0. The normalized spacial score (nSPS) is 11.8. The molecule has 28 heavy (non-hydrogen) atoms. The maximum Gasteiger partial charge on any atom is 0.331 e. The number of carbonyl (C=O) groups is 2. The van der Waals surface area contributed by atoms with Gasteiger partial charge in [0.2, 0.25) is 0 Å². The van der Waals surface area contributed by atoms with Crippen LogP contribution in [0.4, 0.5) is 5.69 Å². The summed E-state index contributed by atoms with van der Waals surface area (Å²) in [6.07, 6.45) is 2.52. The summed E-state index contributed by atoms with van der Waals surface area (Å²) in [7, 11) is 0. The van der Waals surface area contributed by atoms with Crippen molar-refractivity contribution in [1.82, 2.24) is 5.32 Å². The molecule has 1 amide bonds. The third-order valence-electron chi connectivity index (χ3n) is 4.25. The molecule has 7 nitrogen and oxygen atoms in total. The minimum absolute atomic E-state index is 0.0739. The summed E-state index contributed by atoms with van der Waals surface area (Å²) in [5, 5.41) is 13.5. The van der Waals surface area contributed by atoms with E-state index < -0.39 is 23.4 Å². The molecular formula is C21H22N2O5. The molecule has 1 N–H and O–H groups in total. The van der Waals surface area contributed by atoms with Crippen molar-refractivity contribution in [3.8, 4) is 0 Å². The summed E-state index contributed by atoms with van der Waals surface area (Å²) in [6.45, 7) is 5.46. The van der Waals surface area contributed by atoms with Gasteiger partial charge in [0.25, 0.3) is 11.6 Å². The van der Waals surface area contributed by atoms with Gasteiger partial charge in [0.05, 0.1) is 11.0 Å². The molecule has 7 heteroatoms. The van der Waals surface area contributed by atoms with Crippen LogP contribution in [0.2, 0.25) is 0 Å². The van der Waals surface area contributed by atoms with Crippen LogP contribution in [-0.2, 0) is 14.3 Å². The Morgan fingerprint density at radius 3 is 2.61 bits per heavy atom. The predicted octanol–water partition coefficient (Wildman–Crippen LogP) is 3.65. The third kappa shape index (κ3) is 6.05. The summed E-state index contributed by atoms with van der Waals surface area (Å²) in [4.78, 5) is 34.0. The predicted molar refractivity (Wildman–Crippen MR) is 106 cm³/mol. The molecule has 146 valence electrons. The zero-order valence-corrected chi connectivity index (χ0v) is 16.0. The highest BCUT2D eigenvalue weighted by molar-refractivity contribution is 5.89. The lowest BCUT2D eigenvalue weighted by molar-refractivity contribution is -0.384. The van der Waals surface area contributed by atoms with Gasteiger partial charge in [-0.15, -0.1) is 0 Å². The van der Waals surface area contributed by atoms with Gasteiger partial charge in [-0.1, -0.05) is 30.3 Å². The van der Waals surface area contributed by atoms with Crippen molar-refractivity contribution in [2.45, 2.75) is 26.8 Å². The molecule has 0 heterocycles. The fourth-order valence-electron chi connectivity index (χ4n) is 2.49. The molecule has 2 aromatic rings. The van der Waals surface area contributed by atoms with E-state index in [-0.39, 0.29) is 11.7 Å². The van der Waals surface area contributed by atoms with Crippen LogP contribution in [0.3, 0.4) is 0 Å². The summed E-state index contributed by atoms with van der Waals surface area (Å²) in [6, 6.07) is 11.6. The van der Waals surface area contributed by atoms with Gasteiger partial charge in [0.1, 0.15) is 0 Å². The Hall–Kier alpha value is -3.48. The van der Waals surface area contributed by atoms with Crippen molar-refractivity contribution in [2.24, 2.45) is 0 Å². The summed E-state index contributed by atoms with van der Waals surface area (Å²) in [5.41, 5.74) is 3.69. The maximum absolute atomic E-state index is 12.0. The molecule has 0 saturated carbocycles. The highest BCUT2D eigenvalue weighted by Crippen LogP contribution is 2.17. The van der Waals surface area contributed by atoms with Crippen LogP contribution < -0.4 is 5.32 Å². The van der Waals surface area contributed by atoms with Crippen LogP contribution >= 0.6 is 0 Å². The number of benzene rings is 2. The number of nitro groups is 1. The first-order valence-corrected chi connectivity index (χ1v) is 8.72. The van der Waals surface area contributed by atoms with Crippen LogP contribution in [0, 0.1) is 24.0 Å². The Morgan fingerprint density at radius 1 is 1.18 bits per heavy atom. The number of nitrogens with zero attached hydrogens (tertiary/aromatic N) is 1. The van der Waals surface area contributed by atoms with E-state index in [2.05, 4.69) is 5.32 Å². The van der Waals surface area contributed by atoms with Crippen LogP contribution in [0.5, 0.6) is 0 Å². The largest absolute Gasteiger partial charge is 0.452 e. The average Bonchev–Trinajstić information content (AvgIpc) is 2.67. The quantitative estimate of drug-likeness (QED) is 0.341. The number of hydrogen-bond donors (Lipinski definition) is 1. The van der Waals surface area contributed by atoms with Crippen LogP contribution in [0.15, 0.2) is 48.5 Å². The number of ether oxygens (including phenoxy) is 1. The standard InChI is InChI=1S/C21H22N2O5/c1-14-7-9-18(11-15(14)2)16(3)22-20(24)13-28-21(25)10-8-17-5-4-6-19(12-17)23(26)27/h4-12,16H,13H2,1-3H3,(H,22,24)/b10-8+/t16-/m0/s1. The zero-order chi connectivity index (χ0) is 20.7. The fourth-order valence-corrected chi connectivity index (χ4v) is 2.49. The topological polar surface area (TPSA) is 98.5 Å². The minimum Gasteiger partial charge on any atom is -0.452 e. The number of amides is 1. The summed E-state index contributed by atoms with van der Waals surface area (Å²) < 4.78 is 4.91. The van der Waals surface area contributed by atoms with Gasteiger partial charge in [-0.05, 0) is 49.1 Å². The van der Waals surface area contributed by atoms with Crippen LogP contribution in [0.25, 0.3) is 6.08 Å². The van der Waals surface area contributed by atoms with E-state index in [1.807, 2.05) is 39.0 Å². The minimum atomic E-state index is -0.708. The first-order valence-electron chi connectivity index (χ1n) is 8.72. The number of hydrogen-bond acceptors (Lipinski definition) is 5. The molecule has 2 rings (SSSR count). The lowest BCUT2D eigenvalue weighted by Gasteiger charge is -2.15. The van der Waals surface area contributed by atoms with Crippen molar-refractivity contribution in [3.63, 3.8) is 0 Å². The van der Waals surface area contributed by atoms with E-state index >= 15 is 0 Å². The Kier molecular flexibility index (Phi) is 7.03. The van der Waals surface area contributed by atoms with Crippen molar-refractivity contribution < 1.29 is 19.2 Å². The molecule has 0 saturated heterocycles. The van der Waals surface area contributed by atoms with E-state index in [1.54, 1.807) is 6.07 Å². The van der Waals surface area contributed by atoms with Crippen molar-refractivity contribution >= 4 is 23.6 Å². The van der Waals surface area contributed by atoms with Gasteiger partial charge in [-0.3, -0.25) is 14.9 Å². The molecular weight excluding hydrogens is 360 g/mol. The SMILES string of the molecule is Cc1ccc([C@H](C)NC(=O)COC(=O)/C=C/c2cccc([N+](=O)[O-])c2)cc1C. The molecule has 0 unspecified atom stereocenters. The van der Waals surface area contributed by atoms with Gasteiger partial charge >= 0.3 is 5.97 Å². The Morgan fingerprint density at radius 2 is 1.93 bits per heavy atom. The number of nitrogens with one attached hydrogen (secondary N) is 1. The molecule has 2 aromatic carbocycles. The molecule has 0 bridgehead atoms. The molecule has 1 atom stereocenters. The average molecular weight is 382 g/mol. The smallest absolute Gasteiger partial charge is 0.331 e. The number of rotatable bonds is 7. The van der Waals surface area contributed by atoms with Crippen molar-refractivity contribution in [3.05, 3.63) is 80.9 Å². The van der Waals surface area contributed by atoms with Crippen LogP contribution in [0.1, 0.15) is 35.2 Å². The van der Waals surface area contributed by atoms with Crippen molar-refractivity contribution in [1.29, 1.82) is 0 Å². The van der Waals surface area contributed by atoms with E-state index in [0.29, 0.717) is 5.56 Å². The first kappa shape index (κ1) is 20.8. The molecule has 0 fully saturated rings. The number of esters is 1. The molecule has 0 aromatic heterocycles. The number of nitro benzene ring substituents is 1. The van der Waals surface area contributed by atoms with Gasteiger partial charge < -0.3 is 10.1 Å². The first-order chi connectivity index (χ1) is 13.3. The Balaban J connectivity index is 1.84. The third-order valence-corrected chi connectivity index (χ3v) is 4.25. The molecule has 0 aliphatic heterocycles. The van der Waals surface area contributed by atoms with E-state index in [1.165, 1.54) is 29.8 Å². The lowest BCUT2D eigenvalue weighted by Crippen LogP contribution is -2.31. The molecule has 0 radical (unpaired) electrons. The van der Waals surface area contributed by atoms with E-state index in [0.717, 1.165) is 17.2 Å². The van der Waals surface area contributed by atoms with E-state index in [4.69, 9.17) is 4.74 Å². The Labute approximate surface area is 163 Å². The van der Waals surface area contributed by atoms with E-state index in [9.17, 15) is 19.7 Å². The second-order valence-corrected chi connectivity index (χ2v) is 6.43. The second kappa shape index (κ2) is 9.45. The fraction of sp³-hybridized carbons (Fsp3) is 0.238. The van der Waals surface area contributed by atoms with Crippen molar-refractivity contribution in [2.75, 3.05) is 6.61 Å².